The first-order valence-corrected chi connectivity index (χ1v) is 6.02. The van der Waals surface area contributed by atoms with E-state index in [4.69, 9.17) is 4.74 Å². The van der Waals surface area contributed by atoms with Crippen LogP contribution in [0.25, 0.3) is 0 Å². The number of halogens is 4. The highest BCUT2D eigenvalue weighted by atomic mass is 19.4. The molecule has 7 heteroatoms. The summed E-state index contributed by atoms with van der Waals surface area (Å²) in [5, 5.41) is 0. The van der Waals surface area contributed by atoms with Crippen molar-refractivity contribution >= 4 is 5.91 Å². The normalized spacial score (nSPS) is 19.4. The van der Waals surface area contributed by atoms with E-state index in [9.17, 15) is 22.4 Å². The van der Waals surface area contributed by atoms with Crippen molar-refractivity contribution in [3.8, 4) is 0 Å². The smallest absolute Gasteiger partial charge is 0.380 e. The number of hydrogen-bond acceptors (Lipinski definition) is 2. The van der Waals surface area contributed by atoms with E-state index in [1.165, 1.54) is 12.0 Å². The van der Waals surface area contributed by atoms with Gasteiger partial charge in [0.25, 0.3) is 5.91 Å². The van der Waals surface area contributed by atoms with Gasteiger partial charge in [0.1, 0.15) is 5.82 Å². The molecule has 0 N–H and O–H groups in total. The van der Waals surface area contributed by atoms with Gasteiger partial charge in [0.15, 0.2) is 0 Å². The minimum absolute atomic E-state index is 0.159. The maximum absolute atomic E-state index is 13.9. The number of rotatable bonds is 2. The van der Waals surface area contributed by atoms with Gasteiger partial charge in [-0.05, 0) is 18.6 Å². The molecular formula is C13H13F4NO2. The number of likely N-dealkylation sites (tertiary alicyclic amines) is 1. The van der Waals surface area contributed by atoms with E-state index in [0.29, 0.717) is 19.0 Å². The fourth-order valence-corrected chi connectivity index (χ4v) is 2.19. The van der Waals surface area contributed by atoms with Crippen molar-refractivity contribution in [2.75, 3.05) is 20.2 Å². The van der Waals surface area contributed by atoms with E-state index >= 15 is 0 Å². The number of hydrogen-bond donors (Lipinski definition) is 0. The lowest BCUT2D eigenvalue weighted by atomic mass is 10.1. The molecule has 110 valence electrons. The molecule has 1 fully saturated rings. The Kier molecular flexibility index (Phi) is 3.99. The molecule has 2 rings (SSSR count). The predicted octanol–water partition coefficient (Wildman–Crippen LogP) is 2.71. The molecule has 1 aliphatic rings. The molecule has 1 amide bonds. The molecule has 1 atom stereocenters. The average molecular weight is 291 g/mol. The lowest BCUT2D eigenvalue weighted by Gasteiger charge is -2.18. The van der Waals surface area contributed by atoms with Crippen LogP contribution >= 0.6 is 0 Å². The number of benzene rings is 1. The van der Waals surface area contributed by atoms with Gasteiger partial charge in [0, 0.05) is 20.2 Å². The molecule has 0 saturated carbocycles. The van der Waals surface area contributed by atoms with Gasteiger partial charge in [-0.3, -0.25) is 4.79 Å². The fraction of sp³-hybridized carbons (Fsp3) is 0.462. The van der Waals surface area contributed by atoms with E-state index in [1.54, 1.807) is 0 Å². The third-order valence-electron chi connectivity index (χ3n) is 3.30. The molecule has 0 bridgehead atoms. The molecular weight excluding hydrogens is 278 g/mol. The van der Waals surface area contributed by atoms with E-state index in [0.717, 1.165) is 12.1 Å². The second-order valence-corrected chi connectivity index (χ2v) is 4.56. The Balaban J connectivity index is 2.28. The van der Waals surface area contributed by atoms with Crippen LogP contribution in [0.4, 0.5) is 17.6 Å². The first kappa shape index (κ1) is 14.8. The van der Waals surface area contributed by atoms with Crippen LogP contribution in [0.3, 0.4) is 0 Å². The lowest BCUT2D eigenvalue weighted by molar-refractivity contribution is -0.140. The zero-order valence-corrected chi connectivity index (χ0v) is 10.7. The number of nitrogens with zero attached hydrogens (tertiary/aromatic N) is 1. The van der Waals surface area contributed by atoms with Gasteiger partial charge in [0.05, 0.1) is 17.2 Å². The number of carbonyl (C=O) groups is 1. The molecule has 1 heterocycles. The van der Waals surface area contributed by atoms with Crippen molar-refractivity contribution in [3.05, 3.63) is 35.1 Å². The maximum Gasteiger partial charge on any atom is 0.419 e. The number of methoxy groups -OCH3 is 1. The molecule has 1 aliphatic heterocycles. The summed E-state index contributed by atoms with van der Waals surface area (Å²) < 4.78 is 56.7. The Morgan fingerprint density at radius 2 is 2.10 bits per heavy atom. The van der Waals surface area contributed by atoms with Crippen LogP contribution in [-0.4, -0.2) is 37.1 Å². The molecule has 1 aromatic carbocycles. The Morgan fingerprint density at radius 3 is 2.65 bits per heavy atom. The highest BCUT2D eigenvalue weighted by molar-refractivity contribution is 5.95. The van der Waals surface area contributed by atoms with E-state index in [-0.39, 0.29) is 12.6 Å². The summed E-state index contributed by atoms with van der Waals surface area (Å²) in [4.78, 5) is 13.4. The zero-order chi connectivity index (χ0) is 14.9. The zero-order valence-electron chi connectivity index (χ0n) is 10.7. The monoisotopic (exact) mass is 291 g/mol. The summed E-state index contributed by atoms with van der Waals surface area (Å²) in [6.45, 7) is 0.595. The van der Waals surface area contributed by atoms with Gasteiger partial charge in [-0.25, -0.2) is 4.39 Å². The summed E-state index contributed by atoms with van der Waals surface area (Å²) in [5.74, 6) is -2.26. The highest BCUT2D eigenvalue weighted by Crippen LogP contribution is 2.32. The minimum Gasteiger partial charge on any atom is -0.380 e. The topological polar surface area (TPSA) is 29.5 Å². The molecule has 1 aromatic rings. The highest BCUT2D eigenvalue weighted by Gasteiger charge is 2.37. The molecule has 0 spiro atoms. The van der Waals surface area contributed by atoms with Crippen LogP contribution in [0.15, 0.2) is 18.2 Å². The molecule has 1 saturated heterocycles. The lowest BCUT2D eigenvalue weighted by Crippen LogP contribution is -2.31. The predicted molar refractivity (Wildman–Crippen MR) is 62.7 cm³/mol. The van der Waals surface area contributed by atoms with Crippen molar-refractivity contribution in [3.63, 3.8) is 0 Å². The van der Waals surface area contributed by atoms with Crippen molar-refractivity contribution < 1.29 is 27.1 Å². The fourth-order valence-electron chi connectivity index (χ4n) is 2.19. The van der Waals surface area contributed by atoms with Gasteiger partial charge < -0.3 is 9.64 Å². The average Bonchev–Trinajstić information content (AvgIpc) is 2.85. The van der Waals surface area contributed by atoms with Crippen LogP contribution in [0.1, 0.15) is 22.3 Å². The second-order valence-electron chi connectivity index (χ2n) is 4.56. The largest absolute Gasteiger partial charge is 0.419 e. The van der Waals surface area contributed by atoms with Gasteiger partial charge in [0.2, 0.25) is 0 Å². The van der Waals surface area contributed by atoms with Gasteiger partial charge in [-0.2, -0.15) is 13.2 Å². The van der Waals surface area contributed by atoms with E-state index in [2.05, 4.69) is 0 Å². The number of carbonyl (C=O) groups excluding carboxylic acids is 1. The number of ether oxygens (including phenoxy) is 1. The Bertz CT molecular complexity index is 516. The standard InChI is InChI=1S/C13H13F4NO2/c1-20-8-5-6-18(7-8)12(19)9-3-2-4-10(11(9)14)13(15,16)17/h2-4,8H,5-7H2,1H3. The first-order chi connectivity index (χ1) is 9.34. The van der Waals surface area contributed by atoms with Gasteiger partial charge in [-0.15, -0.1) is 0 Å². The van der Waals surface area contributed by atoms with Crippen molar-refractivity contribution in [2.45, 2.75) is 18.7 Å². The molecule has 0 aliphatic carbocycles. The quantitative estimate of drug-likeness (QED) is 0.784. The molecule has 0 aromatic heterocycles. The molecule has 0 radical (unpaired) electrons. The summed E-state index contributed by atoms with van der Waals surface area (Å²) in [5.41, 5.74) is -1.98. The van der Waals surface area contributed by atoms with Crippen molar-refractivity contribution in [1.29, 1.82) is 0 Å². The molecule has 3 nitrogen and oxygen atoms in total. The maximum atomic E-state index is 13.9. The second kappa shape index (κ2) is 5.40. The Hall–Kier alpha value is -1.63. The first-order valence-electron chi connectivity index (χ1n) is 6.02. The van der Waals surface area contributed by atoms with Crippen molar-refractivity contribution in [2.24, 2.45) is 0 Å². The third-order valence-corrected chi connectivity index (χ3v) is 3.30. The van der Waals surface area contributed by atoms with Crippen LogP contribution in [-0.2, 0) is 10.9 Å². The summed E-state index contributed by atoms with van der Waals surface area (Å²) in [6, 6.07) is 2.71. The van der Waals surface area contributed by atoms with Gasteiger partial charge >= 0.3 is 6.18 Å². The Morgan fingerprint density at radius 1 is 1.40 bits per heavy atom. The molecule has 1 unspecified atom stereocenters. The van der Waals surface area contributed by atoms with Crippen LogP contribution in [0.2, 0.25) is 0 Å². The van der Waals surface area contributed by atoms with E-state index in [1.807, 2.05) is 0 Å². The number of alkyl halides is 3. The van der Waals surface area contributed by atoms with Gasteiger partial charge in [-0.1, -0.05) is 6.07 Å². The van der Waals surface area contributed by atoms with Crippen LogP contribution in [0, 0.1) is 5.82 Å². The van der Waals surface area contributed by atoms with Crippen molar-refractivity contribution in [1.82, 2.24) is 4.90 Å². The SMILES string of the molecule is COC1CCN(C(=O)c2cccc(C(F)(F)F)c2F)C1. The molecule has 20 heavy (non-hydrogen) atoms. The third kappa shape index (κ3) is 2.77. The minimum atomic E-state index is -4.82. The Labute approximate surface area is 113 Å². The number of amides is 1. The summed E-state index contributed by atoms with van der Waals surface area (Å²) in [7, 11) is 1.49. The summed E-state index contributed by atoms with van der Waals surface area (Å²) >= 11 is 0. The van der Waals surface area contributed by atoms with Crippen LogP contribution in [0.5, 0.6) is 0 Å². The summed E-state index contributed by atoms with van der Waals surface area (Å²) in [6.07, 6.45) is -4.39. The van der Waals surface area contributed by atoms with Crippen LogP contribution < -0.4 is 0 Å². The van der Waals surface area contributed by atoms with E-state index < -0.39 is 29.0 Å².